The van der Waals surface area contributed by atoms with Crippen LogP contribution in [-0.4, -0.2) is 22.3 Å². The predicted octanol–water partition coefficient (Wildman–Crippen LogP) is 5.77. The number of aromatic nitrogens is 1. The van der Waals surface area contributed by atoms with Gasteiger partial charge < -0.3 is 9.64 Å². The summed E-state index contributed by atoms with van der Waals surface area (Å²) >= 11 is 1.61. The molecule has 1 heterocycles. The Hall–Kier alpha value is -1.88. The number of rotatable bonds is 9. The van der Waals surface area contributed by atoms with Gasteiger partial charge in [0.1, 0.15) is 17.4 Å². The topological polar surface area (TPSA) is 42.4 Å². The summed E-state index contributed by atoms with van der Waals surface area (Å²) in [5.74, 6) is 1.89. The number of amides is 1. The Morgan fingerprint density at radius 1 is 1.29 bits per heavy atom. The van der Waals surface area contributed by atoms with Gasteiger partial charge in [0.2, 0.25) is 5.91 Å². The van der Waals surface area contributed by atoms with Crippen molar-refractivity contribution in [3.8, 4) is 5.75 Å². The fraction of sp³-hybridized carbons (Fsp3) is 0.565. The first kappa shape index (κ1) is 20.8. The highest BCUT2D eigenvalue weighted by Crippen LogP contribution is 2.28. The zero-order valence-corrected chi connectivity index (χ0v) is 18.1. The van der Waals surface area contributed by atoms with Crippen molar-refractivity contribution in [1.82, 2.24) is 9.88 Å². The number of thiazole rings is 1. The molecule has 152 valence electrons. The number of hydrogen-bond acceptors (Lipinski definition) is 4. The maximum atomic E-state index is 12.8. The predicted molar refractivity (Wildman–Crippen MR) is 115 cm³/mol. The van der Waals surface area contributed by atoms with Gasteiger partial charge in [0, 0.05) is 17.8 Å². The van der Waals surface area contributed by atoms with E-state index in [1.54, 1.807) is 11.3 Å². The minimum Gasteiger partial charge on any atom is -0.486 e. The molecule has 5 heteroatoms. The molecular weight excluding hydrogens is 368 g/mol. The van der Waals surface area contributed by atoms with E-state index in [2.05, 4.69) is 32.2 Å². The van der Waals surface area contributed by atoms with E-state index >= 15 is 0 Å². The van der Waals surface area contributed by atoms with E-state index in [0.717, 1.165) is 42.3 Å². The highest BCUT2D eigenvalue weighted by Gasteiger charge is 2.27. The van der Waals surface area contributed by atoms with Crippen molar-refractivity contribution in [3.63, 3.8) is 0 Å². The van der Waals surface area contributed by atoms with Gasteiger partial charge in [-0.3, -0.25) is 4.79 Å². The van der Waals surface area contributed by atoms with Gasteiger partial charge in [-0.2, -0.15) is 0 Å². The smallest absolute Gasteiger partial charge is 0.226 e. The molecule has 1 aromatic carbocycles. The third-order valence-corrected chi connectivity index (χ3v) is 6.23. The van der Waals surface area contributed by atoms with Crippen LogP contribution < -0.4 is 4.74 Å². The van der Waals surface area contributed by atoms with E-state index in [1.807, 2.05) is 23.1 Å². The molecule has 0 aliphatic heterocycles. The Kier molecular flexibility index (Phi) is 7.49. The molecule has 0 spiro atoms. The second-order valence-corrected chi connectivity index (χ2v) is 8.90. The molecular formula is C23H32N2O2S. The SMILES string of the molecule is CCCN(Cc1csc(COc2ccccc2C(C)C)n1)C(=O)C1CCCC1. The van der Waals surface area contributed by atoms with Gasteiger partial charge in [0.15, 0.2) is 0 Å². The number of benzene rings is 1. The third kappa shape index (κ3) is 5.34. The Morgan fingerprint density at radius 2 is 2.04 bits per heavy atom. The largest absolute Gasteiger partial charge is 0.486 e. The zero-order chi connectivity index (χ0) is 19.9. The average Bonchev–Trinajstić information content (AvgIpc) is 3.38. The fourth-order valence-corrected chi connectivity index (χ4v) is 4.58. The molecule has 1 fully saturated rings. The van der Waals surface area contributed by atoms with Gasteiger partial charge in [-0.05, 0) is 36.8 Å². The van der Waals surface area contributed by atoms with E-state index in [0.29, 0.717) is 25.0 Å². The van der Waals surface area contributed by atoms with Crippen LogP contribution in [0.25, 0.3) is 0 Å². The first-order valence-corrected chi connectivity index (χ1v) is 11.4. The van der Waals surface area contributed by atoms with Crippen LogP contribution in [0.2, 0.25) is 0 Å². The summed E-state index contributed by atoms with van der Waals surface area (Å²) in [5, 5.41) is 3.02. The van der Waals surface area contributed by atoms with Crippen molar-refractivity contribution in [1.29, 1.82) is 0 Å². The Bertz CT molecular complexity index is 765. The molecule has 4 nitrogen and oxygen atoms in total. The van der Waals surface area contributed by atoms with Crippen molar-refractivity contribution in [3.05, 3.63) is 45.9 Å². The number of ether oxygens (including phenoxy) is 1. The van der Waals surface area contributed by atoms with E-state index < -0.39 is 0 Å². The number of hydrogen-bond donors (Lipinski definition) is 0. The van der Waals surface area contributed by atoms with E-state index in [9.17, 15) is 4.79 Å². The average molecular weight is 401 g/mol. The number of carbonyl (C=O) groups excluding carboxylic acids is 1. The summed E-state index contributed by atoms with van der Waals surface area (Å²) in [6.07, 6.45) is 5.44. The molecule has 1 aliphatic carbocycles. The van der Waals surface area contributed by atoms with Crippen LogP contribution in [-0.2, 0) is 17.9 Å². The first-order chi connectivity index (χ1) is 13.6. The van der Waals surface area contributed by atoms with Crippen LogP contribution in [0.5, 0.6) is 5.75 Å². The Labute approximate surface area is 172 Å². The third-order valence-electron chi connectivity index (χ3n) is 5.35. The highest BCUT2D eigenvalue weighted by atomic mass is 32.1. The summed E-state index contributed by atoms with van der Waals surface area (Å²) in [7, 11) is 0. The standard InChI is InChI=1S/C23H32N2O2S/c1-4-13-25(23(26)18-9-5-6-10-18)14-19-16-28-22(24-19)15-27-21-12-8-7-11-20(21)17(2)3/h7-8,11-12,16-18H,4-6,9-10,13-15H2,1-3H3. The molecule has 0 saturated heterocycles. The Balaban J connectivity index is 1.60. The van der Waals surface area contributed by atoms with Crippen molar-refractivity contribution in [2.45, 2.75) is 71.9 Å². The highest BCUT2D eigenvalue weighted by molar-refractivity contribution is 7.09. The first-order valence-electron chi connectivity index (χ1n) is 10.5. The monoisotopic (exact) mass is 400 g/mol. The lowest BCUT2D eigenvalue weighted by Gasteiger charge is -2.24. The van der Waals surface area contributed by atoms with E-state index in [4.69, 9.17) is 9.72 Å². The van der Waals surface area contributed by atoms with Gasteiger partial charge in [-0.15, -0.1) is 11.3 Å². The van der Waals surface area contributed by atoms with Gasteiger partial charge in [-0.25, -0.2) is 4.98 Å². The van der Waals surface area contributed by atoms with Crippen molar-refractivity contribution >= 4 is 17.2 Å². The van der Waals surface area contributed by atoms with Crippen LogP contribution >= 0.6 is 11.3 Å². The Morgan fingerprint density at radius 3 is 2.75 bits per heavy atom. The van der Waals surface area contributed by atoms with Gasteiger partial charge >= 0.3 is 0 Å². The molecule has 3 rings (SSSR count). The van der Waals surface area contributed by atoms with Crippen LogP contribution in [0.1, 0.15) is 75.1 Å². The van der Waals surface area contributed by atoms with Gasteiger partial charge in [-0.1, -0.05) is 51.8 Å². The van der Waals surface area contributed by atoms with Crippen LogP contribution in [0, 0.1) is 5.92 Å². The lowest BCUT2D eigenvalue weighted by Crippen LogP contribution is -2.35. The molecule has 1 aliphatic rings. The van der Waals surface area contributed by atoms with Crippen LogP contribution in [0.3, 0.4) is 0 Å². The van der Waals surface area contributed by atoms with Crippen LogP contribution in [0.4, 0.5) is 0 Å². The minimum atomic E-state index is 0.223. The molecule has 2 aromatic rings. The van der Waals surface area contributed by atoms with Crippen molar-refractivity contribution in [2.24, 2.45) is 5.92 Å². The summed E-state index contributed by atoms with van der Waals surface area (Å²) in [4.78, 5) is 19.6. The molecule has 28 heavy (non-hydrogen) atoms. The molecule has 1 saturated carbocycles. The zero-order valence-electron chi connectivity index (χ0n) is 17.3. The molecule has 0 atom stereocenters. The summed E-state index contributed by atoms with van der Waals surface area (Å²) in [5.41, 5.74) is 2.19. The lowest BCUT2D eigenvalue weighted by atomic mass is 10.0. The number of nitrogens with zero attached hydrogens (tertiary/aromatic N) is 2. The molecule has 1 amide bonds. The lowest BCUT2D eigenvalue weighted by molar-refractivity contribution is -0.136. The van der Waals surface area contributed by atoms with E-state index in [-0.39, 0.29) is 5.92 Å². The number of para-hydroxylation sites is 1. The summed E-state index contributed by atoms with van der Waals surface area (Å²) in [6, 6.07) is 8.19. The fourth-order valence-electron chi connectivity index (χ4n) is 3.88. The molecule has 0 bridgehead atoms. The maximum absolute atomic E-state index is 12.8. The molecule has 0 radical (unpaired) electrons. The van der Waals surface area contributed by atoms with Crippen molar-refractivity contribution < 1.29 is 9.53 Å². The minimum absolute atomic E-state index is 0.223. The van der Waals surface area contributed by atoms with Crippen LogP contribution in [0.15, 0.2) is 29.6 Å². The molecule has 0 N–H and O–H groups in total. The molecule has 1 aromatic heterocycles. The van der Waals surface area contributed by atoms with E-state index in [1.165, 1.54) is 18.4 Å². The quantitative estimate of drug-likeness (QED) is 0.536. The van der Waals surface area contributed by atoms with Gasteiger partial charge in [0.05, 0.1) is 12.2 Å². The van der Waals surface area contributed by atoms with Gasteiger partial charge in [0.25, 0.3) is 0 Å². The normalized spacial score (nSPS) is 14.6. The summed E-state index contributed by atoms with van der Waals surface area (Å²) < 4.78 is 6.05. The number of carbonyl (C=O) groups is 1. The summed E-state index contributed by atoms with van der Waals surface area (Å²) in [6.45, 7) is 8.36. The second-order valence-electron chi connectivity index (χ2n) is 7.95. The van der Waals surface area contributed by atoms with Crippen molar-refractivity contribution in [2.75, 3.05) is 6.54 Å². The molecule has 0 unspecified atom stereocenters. The second kappa shape index (κ2) is 10.1. The maximum Gasteiger partial charge on any atom is 0.226 e.